The van der Waals surface area contributed by atoms with Crippen molar-refractivity contribution in [3.63, 3.8) is 0 Å². The molecule has 27 heavy (non-hydrogen) atoms. The van der Waals surface area contributed by atoms with Gasteiger partial charge in [-0.3, -0.25) is 9.89 Å². The molecule has 1 unspecified atom stereocenters. The summed E-state index contributed by atoms with van der Waals surface area (Å²) in [5, 5.41) is 3.15. The molecule has 0 amide bonds. The van der Waals surface area contributed by atoms with Crippen molar-refractivity contribution in [1.82, 2.24) is 14.6 Å². The van der Waals surface area contributed by atoms with Crippen LogP contribution in [0.5, 0.6) is 5.75 Å². The Hall–Kier alpha value is -2.86. The smallest absolute Gasteiger partial charge is 0.272 e. The van der Waals surface area contributed by atoms with Gasteiger partial charge in [0, 0.05) is 24.4 Å². The normalized spacial score (nSPS) is 16.3. The van der Waals surface area contributed by atoms with Gasteiger partial charge in [-0.25, -0.2) is 9.50 Å². The van der Waals surface area contributed by atoms with Crippen LogP contribution in [0.15, 0.2) is 47.3 Å². The molecule has 6 nitrogen and oxygen atoms in total. The maximum absolute atomic E-state index is 12.7. The van der Waals surface area contributed by atoms with E-state index in [0.717, 1.165) is 47.5 Å². The van der Waals surface area contributed by atoms with Crippen LogP contribution in [0.4, 0.5) is 0 Å². The standard InChI is InChI=1S/C21H23N3O3/c1-26-13-18-20(15-7-9-17(27-2)10-8-15)21-22-16(11-14-5-3-4-6-14)12-19(25)24(21)23-18/h3,5,7-10,12,14,23H,4,6,11,13H2,1-2H3. The van der Waals surface area contributed by atoms with Gasteiger partial charge in [0.2, 0.25) is 0 Å². The first-order valence-electron chi connectivity index (χ1n) is 9.13. The van der Waals surface area contributed by atoms with Gasteiger partial charge in [-0.15, -0.1) is 0 Å². The second-order valence-corrected chi connectivity index (χ2v) is 6.84. The summed E-state index contributed by atoms with van der Waals surface area (Å²) in [7, 11) is 3.28. The van der Waals surface area contributed by atoms with Crippen molar-refractivity contribution >= 4 is 5.65 Å². The van der Waals surface area contributed by atoms with E-state index in [2.05, 4.69) is 17.3 Å². The molecule has 0 bridgehead atoms. The summed E-state index contributed by atoms with van der Waals surface area (Å²) in [5.41, 5.74) is 4.04. The molecule has 1 N–H and O–H groups in total. The van der Waals surface area contributed by atoms with Crippen LogP contribution in [0.3, 0.4) is 0 Å². The first kappa shape index (κ1) is 17.5. The molecule has 0 fully saturated rings. The van der Waals surface area contributed by atoms with Gasteiger partial charge in [-0.1, -0.05) is 24.3 Å². The molecule has 1 atom stereocenters. The summed E-state index contributed by atoms with van der Waals surface area (Å²) in [6, 6.07) is 9.38. The van der Waals surface area contributed by atoms with Crippen molar-refractivity contribution in [1.29, 1.82) is 0 Å². The molecule has 1 aliphatic carbocycles. The molecular weight excluding hydrogens is 342 g/mol. The second-order valence-electron chi connectivity index (χ2n) is 6.84. The average molecular weight is 365 g/mol. The number of nitrogens with one attached hydrogen (secondary N) is 1. The lowest BCUT2D eigenvalue weighted by atomic mass is 10.0. The Labute approximate surface area is 157 Å². The highest BCUT2D eigenvalue weighted by molar-refractivity contribution is 5.80. The number of ether oxygens (including phenoxy) is 2. The zero-order valence-electron chi connectivity index (χ0n) is 15.6. The summed E-state index contributed by atoms with van der Waals surface area (Å²) in [5.74, 6) is 1.24. The zero-order chi connectivity index (χ0) is 18.8. The maximum atomic E-state index is 12.7. The number of benzene rings is 1. The van der Waals surface area contributed by atoms with Crippen LogP contribution in [0.1, 0.15) is 24.2 Å². The number of hydrogen-bond donors (Lipinski definition) is 1. The van der Waals surface area contributed by atoms with E-state index in [1.807, 2.05) is 24.3 Å². The Morgan fingerprint density at radius 1 is 1.26 bits per heavy atom. The predicted molar refractivity (Wildman–Crippen MR) is 104 cm³/mol. The van der Waals surface area contributed by atoms with Gasteiger partial charge in [0.25, 0.3) is 5.56 Å². The van der Waals surface area contributed by atoms with Gasteiger partial charge >= 0.3 is 0 Å². The minimum Gasteiger partial charge on any atom is -0.497 e. The minimum absolute atomic E-state index is 0.103. The number of allylic oxidation sites excluding steroid dienone is 2. The lowest BCUT2D eigenvalue weighted by Gasteiger charge is -2.08. The van der Waals surface area contributed by atoms with Crippen LogP contribution in [0.2, 0.25) is 0 Å². The molecule has 2 aromatic heterocycles. The van der Waals surface area contributed by atoms with Crippen molar-refractivity contribution in [2.45, 2.75) is 25.9 Å². The number of hydrogen-bond acceptors (Lipinski definition) is 4. The number of methoxy groups -OCH3 is 2. The summed E-state index contributed by atoms with van der Waals surface area (Å²) in [6.45, 7) is 0.366. The van der Waals surface area contributed by atoms with Crippen LogP contribution in [-0.2, 0) is 17.8 Å². The molecule has 0 saturated carbocycles. The Balaban J connectivity index is 1.85. The molecule has 1 aromatic carbocycles. The van der Waals surface area contributed by atoms with E-state index in [-0.39, 0.29) is 5.56 Å². The van der Waals surface area contributed by atoms with Gasteiger partial charge in [-0.05, 0) is 42.9 Å². The average Bonchev–Trinajstić information content (AvgIpc) is 3.30. The third kappa shape index (κ3) is 3.40. The molecule has 6 heteroatoms. The van der Waals surface area contributed by atoms with E-state index in [1.54, 1.807) is 20.3 Å². The molecule has 0 radical (unpaired) electrons. The Morgan fingerprint density at radius 2 is 2.07 bits per heavy atom. The van der Waals surface area contributed by atoms with Crippen LogP contribution < -0.4 is 10.3 Å². The third-order valence-corrected chi connectivity index (χ3v) is 4.99. The molecule has 3 aromatic rings. The van der Waals surface area contributed by atoms with E-state index in [1.165, 1.54) is 4.52 Å². The van der Waals surface area contributed by atoms with E-state index < -0.39 is 0 Å². The van der Waals surface area contributed by atoms with Crippen molar-refractivity contribution in [2.24, 2.45) is 5.92 Å². The highest BCUT2D eigenvalue weighted by Crippen LogP contribution is 2.29. The number of rotatable bonds is 6. The fourth-order valence-corrected chi connectivity index (χ4v) is 3.68. The molecule has 0 aliphatic heterocycles. The fourth-order valence-electron chi connectivity index (χ4n) is 3.68. The lowest BCUT2D eigenvalue weighted by Crippen LogP contribution is -2.16. The monoisotopic (exact) mass is 365 g/mol. The van der Waals surface area contributed by atoms with Gasteiger partial charge in [0.15, 0.2) is 5.65 Å². The SMILES string of the molecule is COCc1[nH]n2c(=O)cc(CC3C=CCC3)nc2c1-c1ccc(OC)cc1. The van der Waals surface area contributed by atoms with Crippen molar-refractivity contribution in [3.05, 3.63) is 64.2 Å². The maximum Gasteiger partial charge on any atom is 0.272 e. The first-order valence-corrected chi connectivity index (χ1v) is 9.13. The van der Waals surface area contributed by atoms with E-state index >= 15 is 0 Å². The predicted octanol–water partition coefficient (Wildman–Crippen LogP) is 3.35. The summed E-state index contributed by atoms with van der Waals surface area (Å²) < 4.78 is 12.1. The van der Waals surface area contributed by atoms with Crippen molar-refractivity contribution < 1.29 is 9.47 Å². The Morgan fingerprint density at radius 3 is 2.74 bits per heavy atom. The van der Waals surface area contributed by atoms with Gasteiger partial charge < -0.3 is 9.47 Å². The largest absolute Gasteiger partial charge is 0.497 e. The fraction of sp³-hybridized carbons (Fsp3) is 0.333. The summed E-state index contributed by atoms with van der Waals surface area (Å²) in [6.07, 6.45) is 7.43. The number of aromatic nitrogens is 3. The third-order valence-electron chi connectivity index (χ3n) is 4.99. The zero-order valence-corrected chi connectivity index (χ0v) is 15.6. The van der Waals surface area contributed by atoms with Crippen LogP contribution in [0.25, 0.3) is 16.8 Å². The van der Waals surface area contributed by atoms with Gasteiger partial charge in [0.05, 0.1) is 19.4 Å². The first-order chi connectivity index (χ1) is 13.2. The molecule has 2 heterocycles. The van der Waals surface area contributed by atoms with Crippen LogP contribution in [0, 0.1) is 5.92 Å². The second kappa shape index (κ2) is 7.40. The number of H-pyrrole nitrogens is 1. The van der Waals surface area contributed by atoms with Gasteiger partial charge in [-0.2, -0.15) is 0 Å². The highest BCUT2D eigenvalue weighted by atomic mass is 16.5. The van der Waals surface area contributed by atoms with Crippen LogP contribution in [-0.4, -0.2) is 28.8 Å². The number of aromatic amines is 1. The molecule has 140 valence electrons. The van der Waals surface area contributed by atoms with Crippen LogP contribution >= 0.6 is 0 Å². The van der Waals surface area contributed by atoms with E-state index in [9.17, 15) is 4.79 Å². The minimum atomic E-state index is -0.103. The molecule has 1 aliphatic rings. The molecule has 0 spiro atoms. The molecule has 4 rings (SSSR count). The summed E-state index contributed by atoms with van der Waals surface area (Å²) >= 11 is 0. The lowest BCUT2D eigenvalue weighted by molar-refractivity contribution is 0.181. The summed E-state index contributed by atoms with van der Waals surface area (Å²) in [4.78, 5) is 17.5. The van der Waals surface area contributed by atoms with Crippen molar-refractivity contribution in [2.75, 3.05) is 14.2 Å². The quantitative estimate of drug-likeness (QED) is 0.680. The van der Waals surface area contributed by atoms with E-state index in [0.29, 0.717) is 18.2 Å². The Bertz CT molecular complexity index is 1030. The molecule has 0 saturated heterocycles. The topological polar surface area (TPSA) is 68.6 Å². The van der Waals surface area contributed by atoms with E-state index in [4.69, 9.17) is 14.5 Å². The Kier molecular flexibility index (Phi) is 4.81. The van der Waals surface area contributed by atoms with Gasteiger partial charge in [0.1, 0.15) is 5.75 Å². The molecular formula is C21H23N3O3. The highest BCUT2D eigenvalue weighted by Gasteiger charge is 2.19. The van der Waals surface area contributed by atoms with Crippen molar-refractivity contribution in [3.8, 4) is 16.9 Å². The number of fused-ring (bicyclic) bond motifs is 1. The number of nitrogens with zero attached hydrogens (tertiary/aromatic N) is 2.